The zero-order valence-electron chi connectivity index (χ0n) is 11.8. The molecule has 0 saturated heterocycles. The first-order valence-corrected chi connectivity index (χ1v) is 6.34. The number of aliphatic carboxylic acids is 1. The predicted octanol–water partition coefficient (Wildman–Crippen LogP) is 1.50. The lowest BCUT2D eigenvalue weighted by molar-refractivity contribution is -0.383. The summed E-state index contributed by atoms with van der Waals surface area (Å²) in [5.74, 6) is -1.72. The maximum absolute atomic E-state index is 12.4. The molecule has 1 atom stereocenters. The van der Waals surface area contributed by atoms with Crippen molar-refractivity contribution in [3.05, 3.63) is 33.9 Å². The van der Waals surface area contributed by atoms with Crippen molar-refractivity contribution in [3.8, 4) is 0 Å². The van der Waals surface area contributed by atoms with Crippen LogP contribution in [0.1, 0.15) is 30.6 Å². The minimum absolute atomic E-state index is 0.0393. The molecule has 0 aromatic heterocycles. The van der Waals surface area contributed by atoms with Gasteiger partial charge in [-0.05, 0) is 25.5 Å². The molecule has 21 heavy (non-hydrogen) atoms. The van der Waals surface area contributed by atoms with Crippen molar-refractivity contribution < 1.29 is 19.6 Å². The molecule has 0 fully saturated rings. The van der Waals surface area contributed by atoms with Crippen LogP contribution in [0.25, 0.3) is 0 Å². The summed E-state index contributed by atoms with van der Waals surface area (Å²) in [4.78, 5) is 34.6. The fourth-order valence-corrected chi connectivity index (χ4v) is 1.79. The summed E-state index contributed by atoms with van der Waals surface area (Å²) in [5.41, 5.74) is 5.09. The molecule has 8 heteroatoms. The number of nitro groups is 1. The molecule has 0 heterocycles. The molecule has 114 valence electrons. The van der Waals surface area contributed by atoms with Crippen LogP contribution in [-0.2, 0) is 4.79 Å². The second-order valence-electron chi connectivity index (χ2n) is 4.61. The molecule has 1 rings (SSSR count). The molecule has 1 aromatic rings. The molecule has 0 aliphatic heterocycles. The fourth-order valence-electron chi connectivity index (χ4n) is 1.79. The van der Waals surface area contributed by atoms with Crippen LogP contribution in [0.15, 0.2) is 18.2 Å². The Morgan fingerprint density at radius 2 is 2.10 bits per heavy atom. The number of amides is 1. The molecule has 0 aliphatic carbocycles. The Balaban J connectivity index is 3.17. The van der Waals surface area contributed by atoms with Crippen LogP contribution < -0.4 is 5.73 Å². The first-order chi connectivity index (χ1) is 9.77. The molecule has 3 N–H and O–H groups in total. The van der Waals surface area contributed by atoms with E-state index in [2.05, 4.69) is 0 Å². The van der Waals surface area contributed by atoms with Crippen molar-refractivity contribution in [1.82, 2.24) is 4.90 Å². The lowest BCUT2D eigenvalue weighted by Gasteiger charge is -2.27. The molecule has 1 amide bonds. The van der Waals surface area contributed by atoms with Gasteiger partial charge >= 0.3 is 5.97 Å². The fraction of sp³-hybridized carbons (Fsp3) is 0.385. The van der Waals surface area contributed by atoms with E-state index < -0.39 is 23.3 Å². The highest BCUT2D eigenvalue weighted by molar-refractivity contribution is 5.97. The second-order valence-corrected chi connectivity index (χ2v) is 4.61. The third kappa shape index (κ3) is 3.91. The van der Waals surface area contributed by atoms with Gasteiger partial charge in [0, 0.05) is 17.7 Å². The molecular formula is C13H17N3O5. The maximum atomic E-state index is 12.4. The van der Waals surface area contributed by atoms with Crippen LogP contribution in [0.2, 0.25) is 0 Å². The number of hydrogen-bond donors (Lipinski definition) is 2. The Kier molecular flexibility index (Phi) is 5.23. The Morgan fingerprint density at radius 1 is 1.48 bits per heavy atom. The Bertz CT molecular complexity index is 573. The quantitative estimate of drug-likeness (QED) is 0.465. The summed E-state index contributed by atoms with van der Waals surface area (Å²) >= 11 is 0. The SMILES string of the molecule is CCC(C)N(CC(=O)O)C(=O)c1ccc(N)c([N+](=O)[O-])c1. The number of benzene rings is 1. The van der Waals surface area contributed by atoms with Gasteiger partial charge in [0.25, 0.3) is 11.6 Å². The molecule has 8 nitrogen and oxygen atoms in total. The molecule has 0 radical (unpaired) electrons. The van der Waals surface area contributed by atoms with Crippen LogP contribution in [-0.4, -0.2) is 39.4 Å². The summed E-state index contributed by atoms with van der Waals surface area (Å²) < 4.78 is 0. The first-order valence-electron chi connectivity index (χ1n) is 6.34. The van der Waals surface area contributed by atoms with Gasteiger partial charge in [-0.2, -0.15) is 0 Å². The number of carbonyl (C=O) groups excluding carboxylic acids is 1. The number of carboxylic acid groups (broad SMARTS) is 1. The van der Waals surface area contributed by atoms with Gasteiger partial charge in [-0.1, -0.05) is 6.92 Å². The lowest BCUT2D eigenvalue weighted by atomic mass is 10.1. The summed E-state index contributed by atoms with van der Waals surface area (Å²) in [6, 6.07) is 3.38. The number of anilines is 1. The number of carbonyl (C=O) groups is 2. The third-order valence-corrected chi connectivity index (χ3v) is 3.16. The number of nitrogen functional groups attached to an aromatic ring is 1. The number of nitro benzene ring substituents is 1. The minimum atomic E-state index is -1.14. The maximum Gasteiger partial charge on any atom is 0.323 e. The van der Waals surface area contributed by atoms with Gasteiger partial charge in [0.15, 0.2) is 0 Å². The highest BCUT2D eigenvalue weighted by Crippen LogP contribution is 2.23. The van der Waals surface area contributed by atoms with E-state index >= 15 is 0 Å². The van der Waals surface area contributed by atoms with Gasteiger partial charge in [0.1, 0.15) is 12.2 Å². The van der Waals surface area contributed by atoms with E-state index in [4.69, 9.17) is 10.8 Å². The minimum Gasteiger partial charge on any atom is -0.480 e. The van der Waals surface area contributed by atoms with Crippen LogP contribution >= 0.6 is 0 Å². The standard InChI is InChI=1S/C13H17N3O5/c1-3-8(2)15(7-12(17)18)13(19)9-4-5-10(14)11(6-9)16(20)21/h4-6,8H,3,7,14H2,1-2H3,(H,17,18). The van der Waals surface area contributed by atoms with Gasteiger partial charge in [-0.15, -0.1) is 0 Å². The molecule has 0 aliphatic rings. The highest BCUT2D eigenvalue weighted by atomic mass is 16.6. The van der Waals surface area contributed by atoms with Gasteiger partial charge in [0.05, 0.1) is 4.92 Å². The van der Waals surface area contributed by atoms with Gasteiger partial charge in [-0.3, -0.25) is 19.7 Å². The van der Waals surface area contributed by atoms with Crippen LogP contribution in [0.4, 0.5) is 11.4 Å². The third-order valence-electron chi connectivity index (χ3n) is 3.16. The molecule has 0 bridgehead atoms. The molecule has 0 saturated carbocycles. The van der Waals surface area contributed by atoms with Crippen molar-refractivity contribution in [2.45, 2.75) is 26.3 Å². The molecule has 0 spiro atoms. The summed E-state index contributed by atoms with van der Waals surface area (Å²) in [6.07, 6.45) is 0.566. The van der Waals surface area contributed by atoms with E-state index in [0.29, 0.717) is 6.42 Å². The van der Waals surface area contributed by atoms with E-state index in [1.807, 2.05) is 6.92 Å². The average Bonchev–Trinajstić information content (AvgIpc) is 2.43. The second kappa shape index (κ2) is 6.69. The Labute approximate surface area is 121 Å². The van der Waals surface area contributed by atoms with E-state index in [0.717, 1.165) is 11.0 Å². The number of nitrogens with zero attached hydrogens (tertiary/aromatic N) is 2. The van der Waals surface area contributed by atoms with Crippen molar-refractivity contribution >= 4 is 23.3 Å². The average molecular weight is 295 g/mol. The smallest absolute Gasteiger partial charge is 0.323 e. The number of rotatable bonds is 6. The Hall–Kier alpha value is -2.64. The van der Waals surface area contributed by atoms with E-state index in [1.165, 1.54) is 12.1 Å². The van der Waals surface area contributed by atoms with Gasteiger partial charge in [-0.25, -0.2) is 0 Å². The van der Waals surface area contributed by atoms with Crippen LogP contribution in [0.3, 0.4) is 0 Å². The highest BCUT2D eigenvalue weighted by Gasteiger charge is 2.25. The largest absolute Gasteiger partial charge is 0.480 e. The summed E-state index contributed by atoms with van der Waals surface area (Å²) in [7, 11) is 0. The van der Waals surface area contributed by atoms with E-state index in [9.17, 15) is 19.7 Å². The van der Waals surface area contributed by atoms with Crippen molar-refractivity contribution in [3.63, 3.8) is 0 Å². The Morgan fingerprint density at radius 3 is 2.57 bits per heavy atom. The number of carboxylic acids is 1. The predicted molar refractivity (Wildman–Crippen MR) is 75.9 cm³/mol. The number of hydrogen-bond acceptors (Lipinski definition) is 5. The van der Waals surface area contributed by atoms with Crippen molar-refractivity contribution in [2.75, 3.05) is 12.3 Å². The van der Waals surface area contributed by atoms with Gasteiger partial charge < -0.3 is 15.7 Å². The zero-order chi connectivity index (χ0) is 16.2. The molecule has 1 unspecified atom stereocenters. The monoisotopic (exact) mass is 295 g/mol. The van der Waals surface area contributed by atoms with E-state index in [-0.39, 0.29) is 23.0 Å². The summed E-state index contributed by atoms with van der Waals surface area (Å²) in [5, 5.41) is 19.7. The molecular weight excluding hydrogens is 278 g/mol. The first kappa shape index (κ1) is 16.4. The lowest BCUT2D eigenvalue weighted by Crippen LogP contribution is -2.41. The number of nitrogens with two attached hydrogens (primary N) is 1. The summed E-state index contributed by atoms with van der Waals surface area (Å²) in [6.45, 7) is 3.07. The van der Waals surface area contributed by atoms with Crippen molar-refractivity contribution in [1.29, 1.82) is 0 Å². The zero-order valence-corrected chi connectivity index (χ0v) is 11.8. The van der Waals surface area contributed by atoms with Crippen LogP contribution in [0, 0.1) is 10.1 Å². The normalized spacial score (nSPS) is 11.7. The molecule has 1 aromatic carbocycles. The van der Waals surface area contributed by atoms with Crippen molar-refractivity contribution in [2.24, 2.45) is 0 Å². The van der Waals surface area contributed by atoms with Crippen LogP contribution in [0.5, 0.6) is 0 Å². The van der Waals surface area contributed by atoms with Gasteiger partial charge in [0.2, 0.25) is 0 Å². The topological polar surface area (TPSA) is 127 Å². The van der Waals surface area contributed by atoms with E-state index in [1.54, 1.807) is 6.92 Å².